The van der Waals surface area contributed by atoms with Crippen molar-refractivity contribution in [2.24, 2.45) is 0 Å². The van der Waals surface area contributed by atoms with Crippen molar-refractivity contribution in [3.05, 3.63) is 53.9 Å². The standard InChI is InChI=1S/C18H18N4O2/c1-14-3-5-15(6-4-14)7-8-16(23)21-11-12-22(17(24)13-21)18-19-9-2-10-20-18/h2-6,9-10,17,24H,11-13H2,1H3. The van der Waals surface area contributed by atoms with E-state index in [1.54, 1.807) is 28.3 Å². The van der Waals surface area contributed by atoms with E-state index in [2.05, 4.69) is 21.8 Å². The summed E-state index contributed by atoms with van der Waals surface area (Å²) in [7, 11) is 0. The Morgan fingerprint density at radius 1 is 1.21 bits per heavy atom. The molecule has 24 heavy (non-hydrogen) atoms. The predicted octanol–water partition coefficient (Wildman–Crippen LogP) is 0.804. The lowest BCUT2D eigenvalue weighted by Gasteiger charge is -2.37. The highest BCUT2D eigenvalue weighted by Crippen LogP contribution is 2.14. The van der Waals surface area contributed by atoms with Gasteiger partial charge >= 0.3 is 0 Å². The Morgan fingerprint density at radius 3 is 2.58 bits per heavy atom. The molecule has 1 N–H and O–H groups in total. The van der Waals surface area contributed by atoms with Gasteiger partial charge in [0, 0.05) is 37.0 Å². The first-order valence-electron chi connectivity index (χ1n) is 7.73. The second kappa shape index (κ2) is 7.11. The molecule has 1 amide bonds. The summed E-state index contributed by atoms with van der Waals surface area (Å²) >= 11 is 0. The number of aryl methyl sites for hydroxylation is 1. The molecule has 0 bridgehead atoms. The molecule has 2 aromatic rings. The van der Waals surface area contributed by atoms with E-state index in [1.165, 1.54) is 0 Å². The summed E-state index contributed by atoms with van der Waals surface area (Å²) in [6, 6.07) is 9.40. The maximum atomic E-state index is 12.2. The third-order valence-electron chi connectivity index (χ3n) is 3.82. The van der Waals surface area contributed by atoms with Crippen molar-refractivity contribution < 1.29 is 9.90 Å². The van der Waals surface area contributed by atoms with Gasteiger partial charge in [-0.25, -0.2) is 9.97 Å². The van der Waals surface area contributed by atoms with E-state index in [-0.39, 0.29) is 12.5 Å². The number of aliphatic hydroxyl groups excluding tert-OH is 1. The molecule has 6 heteroatoms. The second-order valence-corrected chi connectivity index (χ2v) is 5.59. The molecule has 1 fully saturated rings. The molecule has 1 unspecified atom stereocenters. The Morgan fingerprint density at radius 2 is 1.92 bits per heavy atom. The number of amides is 1. The lowest BCUT2D eigenvalue weighted by molar-refractivity contribution is -0.127. The molecule has 0 saturated carbocycles. The summed E-state index contributed by atoms with van der Waals surface area (Å²) in [5.74, 6) is 5.68. The van der Waals surface area contributed by atoms with Crippen LogP contribution in [0.2, 0.25) is 0 Å². The summed E-state index contributed by atoms with van der Waals surface area (Å²) in [5, 5.41) is 10.3. The number of carbonyl (C=O) groups is 1. The van der Waals surface area contributed by atoms with Crippen LogP contribution in [0.4, 0.5) is 5.95 Å². The van der Waals surface area contributed by atoms with Gasteiger partial charge in [0.1, 0.15) is 6.23 Å². The maximum Gasteiger partial charge on any atom is 0.299 e. The number of piperazine rings is 1. The second-order valence-electron chi connectivity index (χ2n) is 5.59. The van der Waals surface area contributed by atoms with Crippen molar-refractivity contribution in [3.63, 3.8) is 0 Å². The minimum Gasteiger partial charge on any atom is -0.372 e. The van der Waals surface area contributed by atoms with E-state index in [0.29, 0.717) is 19.0 Å². The summed E-state index contributed by atoms with van der Waals surface area (Å²) in [4.78, 5) is 23.7. The van der Waals surface area contributed by atoms with E-state index in [0.717, 1.165) is 11.1 Å². The van der Waals surface area contributed by atoms with Gasteiger partial charge in [-0.15, -0.1) is 0 Å². The van der Waals surface area contributed by atoms with Gasteiger partial charge in [-0.05, 0) is 25.1 Å². The third-order valence-corrected chi connectivity index (χ3v) is 3.82. The molecule has 1 aromatic carbocycles. The summed E-state index contributed by atoms with van der Waals surface area (Å²) in [6.45, 7) is 3.11. The van der Waals surface area contributed by atoms with Crippen molar-refractivity contribution in [2.45, 2.75) is 13.2 Å². The van der Waals surface area contributed by atoms with Gasteiger partial charge in [0.05, 0.1) is 6.54 Å². The maximum absolute atomic E-state index is 12.2. The number of carbonyl (C=O) groups excluding carboxylic acids is 1. The van der Waals surface area contributed by atoms with E-state index in [4.69, 9.17) is 0 Å². The average Bonchev–Trinajstić information content (AvgIpc) is 2.61. The number of rotatable bonds is 1. The monoisotopic (exact) mass is 322 g/mol. The van der Waals surface area contributed by atoms with Crippen molar-refractivity contribution in [1.29, 1.82) is 0 Å². The van der Waals surface area contributed by atoms with Crippen LogP contribution in [-0.2, 0) is 4.79 Å². The molecule has 1 aliphatic heterocycles. The van der Waals surface area contributed by atoms with E-state index >= 15 is 0 Å². The Kier molecular flexibility index (Phi) is 4.73. The number of hydrogen-bond acceptors (Lipinski definition) is 5. The third kappa shape index (κ3) is 3.70. The fourth-order valence-corrected chi connectivity index (χ4v) is 2.46. The van der Waals surface area contributed by atoms with Gasteiger partial charge < -0.3 is 14.9 Å². The number of aromatic nitrogens is 2. The SMILES string of the molecule is Cc1ccc(C#CC(=O)N2CCN(c3ncccn3)C(O)C2)cc1. The summed E-state index contributed by atoms with van der Waals surface area (Å²) in [5.41, 5.74) is 1.94. The first kappa shape index (κ1) is 16.0. The molecule has 2 heterocycles. The topological polar surface area (TPSA) is 69.6 Å². The molecule has 1 aromatic heterocycles. The van der Waals surface area contributed by atoms with Crippen LogP contribution in [0.15, 0.2) is 42.7 Å². The van der Waals surface area contributed by atoms with Crippen molar-refractivity contribution in [1.82, 2.24) is 14.9 Å². The molecule has 0 aliphatic carbocycles. The van der Waals surface area contributed by atoms with E-state index in [9.17, 15) is 9.90 Å². The van der Waals surface area contributed by atoms with Gasteiger partial charge in [-0.1, -0.05) is 23.6 Å². The zero-order chi connectivity index (χ0) is 16.9. The highest BCUT2D eigenvalue weighted by atomic mass is 16.3. The Bertz CT molecular complexity index is 765. The minimum absolute atomic E-state index is 0.180. The van der Waals surface area contributed by atoms with Crippen molar-refractivity contribution in [2.75, 3.05) is 24.5 Å². The largest absolute Gasteiger partial charge is 0.372 e. The molecule has 0 radical (unpaired) electrons. The lowest BCUT2D eigenvalue weighted by Crippen LogP contribution is -2.55. The normalized spacial score (nSPS) is 17.2. The Balaban J connectivity index is 1.63. The van der Waals surface area contributed by atoms with Crippen LogP contribution in [0.5, 0.6) is 0 Å². The van der Waals surface area contributed by atoms with Crippen LogP contribution in [0.25, 0.3) is 0 Å². The van der Waals surface area contributed by atoms with Gasteiger partial charge in [0.2, 0.25) is 5.95 Å². The van der Waals surface area contributed by atoms with E-state index in [1.807, 2.05) is 31.2 Å². The zero-order valence-electron chi connectivity index (χ0n) is 13.4. The van der Waals surface area contributed by atoms with Crippen LogP contribution < -0.4 is 4.90 Å². The molecule has 1 aliphatic rings. The number of aliphatic hydroxyl groups is 1. The number of benzene rings is 1. The first-order chi connectivity index (χ1) is 11.6. The van der Waals surface area contributed by atoms with Crippen LogP contribution in [-0.4, -0.2) is 51.7 Å². The molecule has 0 spiro atoms. The molecule has 1 saturated heterocycles. The minimum atomic E-state index is -0.841. The fourth-order valence-electron chi connectivity index (χ4n) is 2.46. The summed E-state index contributed by atoms with van der Waals surface area (Å²) in [6.07, 6.45) is 2.41. The number of hydrogen-bond donors (Lipinski definition) is 1. The van der Waals surface area contributed by atoms with Crippen LogP contribution >= 0.6 is 0 Å². The van der Waals surface area contributed by atoms with Crippen molar-refractivity contribution >= 4 is 11.9 Å². The zero-order valence-corrected chi connectivity index (χ0v) is 13.4. The van der Waals surface area contributed by atoms with Crippen LogP contribution in [0.3, 0.4) is 0 Å². The quantitative estimate of drug-likeness (QED) is 0.787. The molecular weight excluding hydrogens is 304 g/mol. The Hall–Kier alpha value is -2.91. The molecular formula is C18H18N4O2. The molecule has 3 rings (SSSR count). The van der Waals surface area contributed by atoms with Crippen LogP contribution in [0, 0.1) is 18.8 Å². The van der Waals surface area contributed by atoms with E-state index < -0.39 is 6.23 Å². The number of nitrogens with zero attached hydrogens (tertiary/aromatic N) is 4. The molecule has 6 nitrogen and oxygen atoms in total. The van der Waals surface area contributed by atoms with Crippen molar-refractivity contribution in [3.8, 4) is 11.8 Å². The fraction of sp³-hybridized carbons (Fsp3) is 0.278. The van der Waals surface area contributed by atoms with Gasteiger partial charge in [0.15, 0.2) is 0 Å². The highest BCUT2D eigenvalue weighted by Gasteiger charge is 2.28. The van der Waals surface area contributed by atoms with Gasteiger partial charge in [0.25, 0.3) is 5.91 Å². The number of anilines is 1. The van der Waals surface area contributed by atoms with Gasteiger partial charge in [-0.3, -0.25) is 4.79 Å². The molecule has 122 valence electrons. The smallest absolute Gasteiger partial charge is 0.299 e. The molecule has 1 atom stereocenters. The lowest BCUT2D eigenvalue weighted by atomic mass is 10.1. The highest BCUT2D eigenvalue weighted by molar-refractivity contribution is 5.94. The first-order valence-corrected chi connectivity index (χ1v) is 7.73. The van der Waals surface area contributed by atoms with Gasteiger partial charge in [-0.2, -0.15) is 0 Å². The average molecular weight is 322 g/mol. The Labute approximate surface area is 140 Å². The summed E-state index contributed by atoms with van der Waals surface area (Å²) < 4.78 is 0. The predicted molar refractivity (Wildman–Crippen MR) is 90.0 cm³/mol. The van der Waals surface area contributed by atoms with Crippen LogP contribution in [0.1, 0.15) is 11.1 Å². The number of β-amino-alcohol motifs (C(OH)–C–C–N with tert-alkyl or cyclic N) is 1.